The van der Waals surface area contributed by atoms with E-state index in [-0.39, 0.29) is 110 Å². The van der Waals surface area contributed by atoms with Crippen LogP contribution in [-0.2, 0) is 33.2 Å². The van der Waals surface area contributed by atoms with E-state index in [2.05, 4.69) is 13.2 Å². The lowest BCUT2D eigenvalue weighted by Gasteiger charge is -2.38. The Labute approximate surface area is 237 Å². The molecule has 0 rings (SSSR count). The van der Waals surface area contributed by atoms with Gasteiger partial charge in [0.15, 0.2) is 6.79 Å². The Balaban J connectivity index is 4.73. The molecule has 0 fully saturated rings. The number of hydrogen-bond acceptors (Lipinski definition) is 13. The third-order valence-electron chi connectivity index (χ3n) is 5.65. The summed E-state index contributed by atoms with van der Waals surface area (Å²) in [4.78, 5) is 0. The van der Waals surface area contributed by atoms with E-state index in [1.807, 2.05) is 0 Å². The van der Waals surface area contributed by atoms with Crippen LogP contribution in [0, 0.1) is 0 Å². The SMILES string of the molecule is C=CCOCOCC(O)COCC(COCC(O)C[N+](CCO)(CCO)CCO)OCC(O)CCOCOC=C. The molecule has 0 aliphatic rings. The molecule has 0 heterocycles. The first-order chi connectivity index (χ1) is 19.4. The van der Waals surface area contributed by atoms with E-state index in [0.717, 1.165) is 0 Å². The summed E-state index contributed by atoms with van der Waals surface area (Å²) in [6.45, 7) is 8.01. The Morgan fingerprint density at radius 2 is 1.25 bits per heavy atom. The molecule has 0 aliphatic carbocycles. The van der Waals surface area contributed by atoms with Gasteiger partial charge in [0.2, 0.25) is 0 Å². The maximum atomic E-state index is 10.5. The quantitative estimate of drug-likeness (QED) is 0.0172. The average Bonchev–Trinajstić information content (AvgIpc) is 2.91. The van der Waals surface area contributed by atoms with Gasteiger partial charge in [0, 0.05) is 0 Å². The van der Waals surface area contributed by atoms with Gasteiger partial charge >= 0.3 is 0 Å². The molecule has 14 nitrogen and oxygen atoms in total. The van der Waals surface area contributed by atoms with E-state index in [9.17, 15) is 30.6 Å². The van der Waals surface area contributed by atoms with E-state index in [0.29, 0.717) is 13.0 Å². The first kappa shape index (κ1) is 38.8. The van der Waals surface area contributed by atoms with Crippen LogP contribution in [0.4, 0.5) is 0 Å². The van der Waals surface area contributed by atoms with Crippen LogP contribution in [0.3, 0.4) is 0 Å². The molecule has 0 aliphatic heterocycles. The largest absolute Gasteiger partial charge is 0.476 e. The molecule has 0 aromatic rings. The fourth-order valence-electron chi connectivity index (χ4n) is 3.69. The molecule has 4 unspecified atom stereocenters. The fourth-order valence-corrected chi connectivity index (χ4v) is 3.69. The van der Waals surface area contributed by atoms with Crippen LogP contribution in [0.5, 0.6) is 0 Å². The summed E-state index contributed by atoms with van der Waals surface area (Å²) < 4.78 is 37.4. The minimum atomic E-state index is -0.936. The van der Waals surface area contributed by atoms with Gasteiger partial charge in [0.1, 0.15) is 51.3 Å². The smallest absolute Gasteiger partial charge is 0.188 e. The minimum absolute atomic E-state index is 0.00909. The Hall–Kier alpha value is -1.24. The summed E-state index contributed by atoms with van der Waals surface area (Å²) >= 11 is 0. The predicted octanol–water partition coefficient (Wildman–Crippen LogP) is -2.02. The Morgan fingerprint density at radius 3 is 1.82 bits per heavy atom. The monoisotopic (exact) mass is 586 g/mol. The second-order valence-electron chi connectivity index (χ2n) is 9.15. The zero-order chi connectivity index (χ0) is 29.9. The van der Waals surface area contributed by atoms with Gasteiger partial charge in [-0.05, 0) is 6.42 Å². The maximum Gasteiger partial charge on any atom is 0.188 e. The van der Waals surface area contributed by atoms with Gasteiger partial charge in [-0.2, -0.15) is 0 Å². The number of nitrogens with zero attached hydrogens (tertiary/aromatic N) is 1. The summed E-state index contributed by atoms with van der Waals surface area (Å²) in [6, 6.07) is 0. The normalized spacial score (nSPS) is 14.9. The van der Waals surface area contributed by atoms with Crippen molar-refractivity contribution in [3.05, 3.63) is 25.5 Å². The topological polar surface area (TPSA) is 186 Å². The van der Waals surface area contributed by atoms with Crippen molar-refractivity contribution < 1.29 is 68.3 Å². The summed E-state index contributed by atoms with van der Waals surface area (Å²) in [5, 5.41) is 59.0. The van der Waals surface area contributed by atoms with Crippen molar-refractivity contribution in [2.75, 3.05) is 112 Å². The van der Waals surface area contributed by atoms with Crippen molar-refractivity contribution in [2.45, 2.75) is 30.8 Å². The lowest BCUT2D eigenvalue weighted by atomic mass is 10.2. The van der Waals surface area contributed by atoms with Gasteiger partial charge in [0.25, 0.3) is 0 Å². The lowest BCUT2D eigenvalue weighted by molar-refractivity contribution is -0.931. The third-order valence-corrected chi connectivity index (χ3v) is 5.65. The zero-order valence-electron chi connectivity index (χ0n) is 23.6. The van der Waals surface area contributed by atoms with Gasteiger partial charge in [0.05, 0.1) is 85.0 Å². The summed E-state index contributed by atoms with van der Waals surface area (Å²) in [5.41, 5.74) is 0. The van der Waals surface area contributed by atoms with Crippen molar-refractivity contribution in [3.8, 4) is 0 Å². The van der Waals surface area contributed by atoms with Gasteiger partial charge in [-0.25, -0.2) is 0 Å². The van der Waals surface area contributed by atoms with Crippen LogP contribution in [0.1, 0.15) is 6.42 Å². The number of rotatable bonds is 31. The first-order valence-electron chi connectivity index (χ1n) is 13.4. The van der Waals surface area contributed by atoms with Gasteiger partial charge in [-0.1, -0.05) is 12.7 Å². The minimum Gasteiger partial charge on any atom is -0.476 e. The van der Waals surface area contributed by atoms with Crippen LogP contribution in [0.15, 0.2) is 25.5 Å². The molecule has 238 valence electrons. The van der Waals surface area contributed by atoms with E-state index in [1.165, 1.54) is 6.26 Å². The molecule has 0 aromatic heterocycles. The summed E-state index contributed by atoms with van der Waals surface area (Å²) in [7, 11) is 0. The molecular weight excluding hydrogens is 534 g/mol. The molecule has 4 atom stereocenters. The van der Waals surface area contributed by atoms with Crippen molar-refractivity contribution >= 4 is 0 Å². The van der Waals surface area contributed by atoms with Gasteiger partial charge in [-0.3, -0.25) is 0 Å². The van der Waals surface area contributed by atoms with Crippen molar-refractivity contribution in [3.63, 3.8) is 0 Å². The van der Waals surface area contributed by atoms with Crippen molar-refractivity contribution in [2.24, 2.45) is 0 Å². The number of ether oxygens (including phenoxy) is 7. The third kappa shape index (κ3) is 21.5. The zero-order valence-corrected chi connectivity index (χ0v) is 23.6. The Morgan fingerprint density at radius 1 is 0.650 bits per heavy atom. The molecular formula is C26H52NO13+. The second kappa shape index (κ2) is 26.6. The van der Waals surface area contributed by atoms with Crippen molar-refractivity contribution in [1.29, 1.82) is 0 Å². The lowest BCUT2D eigenvalue weighted by Crippen LogP contribution is -2.57. The fraction of sp³-hybridized carbons (Fsp3) is 0.846. The molecule has 0 spiro atoms. The number of aliphatic hydroxyl groups is 6. The first-order valence-corrected chi connectivity index (χ1v) is 13.4. The second-order valence-corrected chi connectivity index (χ2v) is 9.15. The Kier molecular flexibility index (Phi) is 25.8. The van der Waals surface area contributed by atoms with E-state index in [4.69, 9.17) is 33.2 Å². The molecule has 40 heavy (non-hydrogen) atoms. The molecule has 0 amide bonds. The molecule has 0 bridgehead atoms. The van der Waals surface area contributed by atoms with E-state index >= 15 is 0 Å². The van der Waals surface area contributed by atoms with Crippen LogP contribution >= 0.6 is 0 Å². The summed E-state index contributed by atoms with van der Waals surface area (Å²) in [5.74, 6) is 0. The number of aliphatic hydroxyl groups excluding tert-OH is 6. The van der Waals surface area contributed by atoms with Crippen LogP contribution in [-0.4, -0.2) is 172 Å². The highest BCUT2D eigenvalue weighted by Gasteiger charge is 2.29. The predicted molar refractivity (Wildman–Crippen MR) is 144 cm³/mol. The molecule has 0 saturated heterocycles. The van der Waals surface area contributed by atoms with Gasteiger partial charge < -0.3 is 68.3 Å². The van der Waals surface area contributed by atoms with Crippen LogP contribution < -0.4 is 0 Å². The highest BCUT2D eigenvalue weighted by Crippen LogP contribution is 2.09. The Bertz CT molecular complexity index is 570. The molecule has 0 saturated carbocycles. The molecule has 6 N–H and O–H groups in total. The van der Waals surface area contributed by atoms with Gasteiger partial charge in [-0.15, -0.1) is 6.58 Å². The van der Waals surface area contributed by atoms with Crippen LogP contribution in [0.25, 0.3) is 0 Å². The number of quaternary nitrogens is 1. The van der Waals surface area contributed by atoms with Crippen LogP contribution in [0.2, 0.25) is 0 Å². The highest BCUT2D eigenvalue weighted by atomic mass is 16.7. The van der Waals surface area contributed by atoms with E-state index in [1.54, 1.807) is 6.08 Å². The average molecular weight is 587 g/mol. The highest BCUT2D eigenvalue weighted by molar-refractivity contribution is 4.64. The van der Waals surface area contributed by atoms with E-state index < -0.39 is 24.4 Å². The molecule has 0 radical (unpaired) electrons. The summed E-state index contributed by atoms with van der Waals surface area (Å²) in [6.07, 6.45) is -0.132. The van der Waals surface area contributed by atoms with Crippen molar-refractivity contribution in [1.82, 2.24) is 0 Å². The molecule has 14 heteroatoms. The molecule has 0 aromatic carbocycles. The number of hydrogen-bond donors (Lipinski definition) is 6. The maximum absolute atomic E-state index is 10.5. The standard InChI is InChI=1S/C26H52NO13/c1-3-12-35-22-39-17-25(33)16-38-20-26(40-18-23(31)5-13-36-21-34-4-2)19-37-15-24(32)14-27(6-9-28,7-10-29)8-11-30/h3-4,23-26,28-33H,1-2,5-22H2/q+1.